The number of hydrogen-bond donors (Lipinski definition) is 2. The average molecular weight is 372 g/mol. The van der Waals surface area contributed by atoms with E-state index in [0.717, 1.165) is 32.0 Å². The van der Waals surface area contributed by atoms with Crippen molar-refractivity contribution in [3.8, 4) is 0 Å². The minimum absolute atomic E-state index is 0. The van der Waals surface area contributed by atoms with Crippen molar-refractivity contribution in [2.24, 2.45) is 0 Å². The van der Waals surface area contributed by atoms with Crippen LogP contribution in [0.5, 0.6) is 0 Å². The predicted octanol–water partition coefficient (Wildman–Crippen LogP) is 2.26. The Hall–Kier alpha value is -0.340. The molecule has 0 saturated carbocycles. The Bertz CT molecular complexity index is 316. The molecule has 0 radical (unpaired) electrons. The fourth-order valence-corrected chi connectivity index (χ4v) is 1.62. The molecule has 0 aromatic heterocycles. The van der Waals surface area contributed by atoms with E-state index in [1.165, 1.54) is 0 Å². The Morgan fingerprint density at radius 3 is 2.00 bits per heavy atom. The summed E-state index contributed by atoms with van der Waals surface area (Å²) >= 11 is 0. The minimum atomic E-state index is 0. The van der Waals surface area contributed by atoms with E-state index >= 15 is 0 Å². The second-order valence-electron chi connectivity index (χ2n) is 3.41. The topological polar surface area (TPSA) is 56.2 Å². The third-order valence-electron chi connectivity index (χ3n) is 2.46. The molecule has 0 bridgehead atoms. The molecule has 0 amide bonds. The first-order valence-electron chi connectivity index (χ1n) is 4.88. The van der Waals surface area contributed by atoms with E-state index in [1.54, 1.807) is 12.1 Å². The molecule has 1 saturated heterocycles. The van der Waals surface area contributed by atoms with E-state index in [-0.39, 0.29) is 39.2 Å². The number of ether oxygens (including phenoxy) is 1. The molecule has 0 aliphatic carbocycles. The summed E-state index contributed by atoms with van der Waals surface area (Å²) in [7, 11) is 0. The van der Waals surface area contributed by atoms with Crippen LogP contribution in [0.1, 0.15) is 0 Å². The third-order valence-corrected chi connectivity index (χ3v) is 2.46. The highest BCUT2D eigenvalue weighted by molar-refractivity contribution is 8.93. The summed E-state index contributed by atoms with van der Waals surface area (Å²) in [5.41, 5.74) is 1.43. The van der Waals surface area contributed by atoms with E-state index in [2.05, 4.69) is 4.90 Å². The molecule has 0 unspecified atom stereocenters. The summed E-state index contributed by atoms with van der Waals surface area (Å²) in [6.45, 7) is 3.24. The summed E-state index contributed by atoms with van der Waals surface area (Å²) in [5, 5.41) is 17.7. The van der Waals surface area contributed by atoms with Crippen molar-refractivity contribution in [1.29, 1.82) is 0 Å². The maximum absolute atomic E-state index is 8.78. The molecule has 5 nitrogen and oxygen atoms in total. The number of halogens is 2. The SMILES string of the molecule is Br.Br.ON(O)c1ccc(N2CCOCC2)cc1. The first-order chi connectivity index (χ1) is 7.27. The van der Waals surface area contributed by atoms with Crippen LogP contribution in [0.15, 0.2) is 24.3 Å². The van der Waals surface area contributed by atoms with Crippen molar-refractivity contribution >= 4 is 45.3 Å². The second-order valence-corrected chi connectivity index (χ2v) is 3.41. The lowest BCUT2D eigenvalue weighted by atomic mass is 10.2. The number of benzene rings is 1. The van der Waals surface area contributed by atoms with Crippen LogP contribution in [-0.4, -0.2) is 36.7 Å². The maximum Gasteiger partial charge on any atom is 0.0944 e. The zero-order chi connectivity index (χ0) is 10.7. The van der Waals surface area contributed by atoms with Gasteiger partial charge in [-0.2, -0.15) is 0 Å². The highest BCUT2D eigenvalue weighted by Crippen LogP contribution is 2.19. The first kappa shape index (κ1) is 16.7. The number of morpholine rings is 1. The van der Waals surface area contributed by atoms with Gasteiger partial charge in [-0.05, 0) is 24.3 Å². The third kappa shape index (κ3) is 4.44. The van der Waals surface area contributed by atoms with E-state index in [4.69, 9.17) is 15.2 Å². The van der Waals surface area contributed by atoms with E-state index in [1.807, 2.05) is 12.1 Å². The summed E-state index contributed by atoms with van der Waals surface area (Å²) in [4.78, 5) is 2.20. The molecule has 1 fully saturated rings. The molecule has 2 N–H and O–H groups in total. The van der Waals surface area contributed by atoms with Crippen molar-refractivity contribution in [2.45, 2.75) is 0 Å². The molecular weight excluding hydrogens is 356 g/mol. The van der Waals surface area contributed by atoms with Gasteiger partial charge in [-0.25, -0.2) is 0 Å². The van der Waals surface area contributed by atoms with Gasteiger partial charge in [0.2, 0.25) is 0 Å². The fourth-order valence-electron chi connectivity index (χ4n) is 1.62. The lowest BCUT2D eigenvalue weighted by Crippen LogP contribution is -2.36. The largest absolute Gasteiger partial charge is 0.378 e. The van der Waals surface area contributed by atoms with E-state index in [9.17, 15) is 0 Å². The van der Waals surface area contributed by atoms with Gasteiger partial charge in [0.15, 0.2) is 0 Å². The quantitative estimate of drug-likeness (QED) is 0.781. The predicted molar refractivity (Wildman–Crippen MR) is 76.2 cm³/mol. The molecule has 98 valence electrons. The monoisotopic (exact) mass is 370 g/mol. The van der Waals surface area contributed by atoms with Crippen molar-refractivity contribution in [3.63, 3.8) is 0 Å². The van der Waals surface area contributed by atoms with E-state index < -0.39 is 0 Å². The van der Waals surface area contributed by atoms with Gasteiger partial charge in [0, 0.05) is 18.8 Å². The minimum Gasteiger partial charge on any atom is -0.378 e. The Kier molecular flexibility index (Phi) is 7.73. The molecule has 1 aliphatic heterocycles. The standard InChI is InChI=1S/C10H14N2O3.2BrH/c13-12(14)10-3-1-9(2-4-10)11-5-7-15-8-6-11;;/h1-4,13-14H,5-8H2;2*1H. The summed E-state index contributed by atoms with van der Waals surface area (Å²) in [5.74, 6) is 0. The van der Waals surface area contributed by atoms with Gasteiger partial charge in [-0.1, -0.05) is 0 Å². The fraction of sp³-hybridized carbons (Fsp3) is 0.400. The molecule has 1 heterocycles. The number of rotatable bonds is 2. The van der Waals surface area contributed by atoms with Crippen molar-refractivity contribution in [3.05, 3.63) is 24.3 Å². The maximum atomic E-state index is 8.78. The molecular formula is C10H16Br2N2O3. The summed E-state index contributed by atoms with van der Waals surface area (Å²) < 4.78 is 5.25. The normalized spacial score (nSPS) is 14.6. The Morgan fingerprint density at radius 1 is 1.00 bits per heavy atom. The molecule has 2 rings (SSSR count). The molecule has 1 aromatic carbocycles. The molecule has 17 heavy (non-hydrogen) atoms. The van der Waals surface area contributed by atoms with Gasteiger partial charge < -0.3 is 9.64 Å². The van der Waals surface area contributed by atoms with Gasteiger partial charge in [0.25, 0.3) is 0 Å². The lowest BCUT2D eigenvalue weighted by Gasteiger charge is -2.29. The Balaban J connectivity index is 0.00000128. The number of anilines is 2. The number of hydrogen-bond acceptors (Lipinski definition) is 5. The highest BCUT2D eigenvalue weighted by atomic mass is 79.9. The molecule has 1 aromatic rings. The van der Waals surface area contributed by atoms with Crippen LogP contribution in [0.4, 0.5) is 11.4 Å². The summed E-state index contributed by atoms with van der Waals surface area (Å²) in [6.07, 6.45) is 0. The zero-order valence-electron chi connectivity index (χ0n) is 9.15. The van der Waals surface area contributed by atoms with Crippen LogP contribution in [0.3, 0.4) is 0 Å². The van der Waals surface area contributed by atoms with Crippen LogP contribution in [0.2, 0.25) is 0 Å². The Labute approximate surface area is 121 Å². The highest BCUT2D eigenvalue weighted by Gasteiger charge is 2.11. The first-order valence-corrected chi connectivity index (χ1v) is 4.88. The van der Waals surface area contributed by atoms with Crippen LogP contribution in [0, 0.1) is 0 Å². The van der Waals surface area contributed by atoms with Gasteiger partial charge in [-0.15, -0.1) is 39.2 Å². The molecule has 0 atom stereocenters. The lowest BCUT2D eigenvalue weighted by molar-refractivity contribution is 0.0291. The van der Waals surface area contributed by atoms with Crippen molar-refractivity contribution in [2.75, 3.05) is 36.4 Å². The van der Waals surface area contributed by atoms with Crippen LogP contribution >= 0.6 is 34.0 Å². The smallest absolute Gasteiger partial charge is 0.0944 e. The van der Waals surface area contributed by atoms with Crippen LogP contribution in [0.25, 0.3) is 0 Å². The van der Waals surface area contributed by atoms with E-state index in [0.29, 0.717) is 5.69 Å². The van der Waals surface area contributed by atoms with Gasteiger partial charge in [0.05, 0.1) is 18.9 Å². The second kappa shape index (κ2) is 7.88. The van der Waals surface area contributed by atoms with Gasteiger partial charge in [0.1, 0.15) is 0 Å². The molecule has 0 spiro atoms. The van der Waals surface area contributed by atoms with Crippen LogP contribution < -0.4 is 10.1 Å². The zero-order valence-corrected chi connectivity index (χ0v) is 12.6. The molecule has 7 heteroatoms. The van der Waals surface area contributed by atoms with Crippen molar-refractivity contribution in [1.82, 2.24) is 0 Å². The van der Waals surface area contributed by atoms with Crippen molar-refractivity contribution < 1.29 is 15.2 Å². The van der Waals surface area contributed by atoms with Crippen LogP contribution in [-0.2, 0) is 4.74 Å². The van der Waals surface area contributed by atoms with Gasteiger partial charge >= 0.3 is 0 Å². The summed E-state index contributed by atoms with van der Waals surface area (Å²) in [6, 6.07) is 7.04. The average Bonchev–Trinajstić information content (AvgIpc) is 2.30. The van der Waals surface area contributed by atoms with Gasteiger partial charge in [-0.3, -0.25) is 10.4 Å². The Morgan fingerprint density at radius 2 is 1.53 bits per heavy atom. The molecule has 1 aliphatic rings. The number of nitrogens with zero attached hydrogens (tertiary/aromatic N) is 2.